The third-order valence-electron chi connectivity index (χ3n) is 5.73. The van der Waals surface area contributed by atoms with Crippen LogP contribution in [0.3, 0.4) is 0 Å². The van der Waals surface area contributed by atoms with Gasteiger partial charge in [0.2, 0.25) is 5.91 Å². The number of hydrogen-bond donors (Lipinski definition) is 0. The van der Waals surface area contributed by atoms with Crippen molar-refractivity contribution < 1.29 is 13.2 Å². The summed E-state index contributed by atoms with van der Waals surface area (Å²) in [6.45, 7) is 3.74. The molecule has 1 amide bonds. The van der Waals surface area contributed by atoms with Crippen LogP contribution in [0.4, 0.5) is 5.69 Å². The van der Waals surface area contributed by atoms with Crippen LogP contribution in [0.5, 0.6) is 0 Å². The number of piperazine rings is 1. The molecule has 3 fully saturated rings. The largest absolute Gasteiger partial charge is 0.369 e. The molecule has 0 spiro atoms. The minimum absolute atomic E-state index is 0.0933. The molecular formula is C19H26ClN3O3S. The van der Waals surface area contributed by atoms with Crippen LogP contribution in [0.2, 0.25) is 5.02 Å². The van der Waals surface area contributed by atoms with Gasteiger partial charge in [0.05, 0.1) is 18.1 Å². The van der Waals surface area contributed by atoms with E-state index in [0.29, 0.717) is 13.0 Å². The van der Waals surface area contributed by atoms with Crippen molar-refractivity contribution in [2.45, 2.75) is 31.3 Å². The van der Waals surface area contributed by atoms with E-state index in [-0.39, 0.29) is 29.5 Å². The van der Waals surface area contributed by atoms with Crippen LogP contribution < -0.4 is 4.90 Å². The van der Waals surface area contributed by atoms with Gasteiger partial charge in [0.15, 0.2) is 9.84 Å². The summed E-state index contributed by atoms with van der Waals surface area (Å²) in [7, 11) is -2.98. The van der Waals surface area contributed by atoms with E-state index in [1.807, 2.05) is 23.1 Å². The normalized spacial score (nSPS) is 25.5. The smallest absolute Gasteiger partial charge is 0.237 e. The van der Waals surface area contributed by atoms with Crippen molar-refractivity contribution in [3.63, 3.8) is 0 Å². The molecule has 1 aromatic carbocycles. The summed E-state index contributed by atoms with van der Waals surface area (Å²) in [6, 6.07) is 7.98. The van der Waals surface area contributed by atoms with Crippen molar-refractivity contribution in [2.24, 2.45) is 0 Å². The molecule has 1 aromatic rings. The third kappa shape index (κ3) is 4.58. The maximum absolute atomic E-state index is 12.9. The average molecular weight is 412 g/mol. The van der Waals surface area contributed by atoms with E-state index >= 15 is 0 Å². The molecule has 1 aliphatic carbocycles. The van der Waals surface area contributed by atoms with Crippen molar-refractivity contribution in [2.75, 3.05) is 49.1 Å². The average Bonchev–Trinajstić information content (AvgIpc) is 3.39. The summed E-state index contributed by atoms with van der Waals surface area (Å²) < 4.78 is 23.7. The van der Waals surface area contributed by atoms with Crippen molar-refractivity contribution in [3.8, 4) is 0 Å². The molecule has 1 saturated carbocycles. The highest BCUT2D eigenvalue weighted by Crippen LogP contribution is 2.32. The Kier molecular flexibility index (Phi) is 5.36. The lowest BCUT2D eigenvalue weighted by molar-refractivity contribution is -0.135. The molecule has 3 aliphatic rings. The minimum atomic E-state index is -2.98. The molecule has 0 unspecified atom stereocenters. The molecule has 0 radical (unpaired) electrons. The SMILES string of the molecule is O=C(CN1CCN(c2cccc(Cl)c2)CC1)N(C1CC1)[C@H]1CCS(=O)(=O)C1. The lowest BCUT2D eigenvalue weighted by Gasteiger charge is -2.37. The molecule has 0 aromatic heterocycles. The Balaban J connectivity index is 1.33. The molecule has 8 heteroatoms. The number of carbonyl (C=O) groups excluding carboxylic acids is 1. The Labute approximate surface area is 166 Å². The van der Waals surface area contributed by atoms with Gasteiger partial charge in [-0.15, -0.1) is 0 Å². The van der Waals surface area contributed by atoms with E-state index in [1.165, 1.54) is 0 Å². The van der Waals surface area contributed by atoms with Gasteiger partial charge in [-0.25, -0.2) is 8.42 Å². The van der Waals surface area contributed by atoms with Crippen LogP contribution in [-0.4, -0.2) is 80.4 Å². The van der Waals surface area contributed by atoms with Gasteiger partial charge in [0, 0.05) is 49.0 Å². The Morgan fingerprint density at radius 2 is 1.85 bits per heavy atom. The quantitative estimate of drug-likeness (QED) is 0.737. The fourth-order valence-corrected chi connectivity index (χ4v) is 6.06. The zero-order valence-electron chi connectivity index (χ0n) is 15.4. The molecule has 2 saturated heterocycles. The number of halogens is 1. The number of hydrogen-bond acceptors (Lipinski definition) is 5. The van der Waals surface area contributed by atoms with Gasteiger partial charge in [-0.2, -0.15) is 0 Å². The highest BCUT2D eigenvalue weighted by atomic mass is 35.5. The van der Waals surface area contributed by atoms with Crippen molar-refractivity contribution in [1.29, 1.82) is 0 Å². The second kappa shape index (κ2) is 7.60. The summed E-state index contributed by atoms with van der Waals surface area (Å²) >= 11 is 6.08. The molecule has 4 rings (SSSR count). The van der Waals surface area contributed by atoms with E-state index in [1.54, 1.807) is 0 Å². The van der Waals surface area contributed by atoms with Gasteiger partial charge < -0.3 is 9.80 Å². The summed E-state index contributed by atoms with van der Waals surface area (Å²) in [5, 5.41) is 0.733. The number of carbonyl (C=O) groups is 1. The van der Waals surface area contributed by atoms with E-state index in [2.05, 4.69) is 15.9 Å². The van der Waals surface area contributed by atoms with Gasteiger partial charge in [0.1, 0.15) is 0 Å². The Hall–Kier alpha value is -1.31. The lowest BCUT2D eigenvalue weighted by Crippen LogP contribution is -2.52. The van der Waals surface area contributed by atoms with Crippen molar-refractivity contribution in [3.05, 3.63) is 29.3 Å². The number of anilines is 1. The highest BCUT2D eigenvalue weighted by Gasteiger charge is 2.42. The number of rotatable bonds is 5. The summed E-state index contributed by atoms with van der Waals surface area (Å²) in [5.74, 6) is 0.445. The Bertz CT molecular complexity index is 804. The minimum Gasteiger partial charge on any atom is -0.369 e. The highest BCUT2D eigenvalue weighted by molar-refractivity contribution is 7.91. The zero-order valence-corrected chi connectivity index (χ0v) is 17.0. The van der Waals surface area contributed by atoms with E-state index in [4.69, 9.17) is 11.6 Å². The van der Waals surface area contributed by atoms with E-state index < -0.39 is 9.84 Å². The van der Waals surface area contributed by atoms with Crippen LogP contribution in [-0.2, 0) is 14.6 Å². The predicted molar refractivity (Wildman–Crippen MR) is 107 cm³/mol. The molecule has 6 nitrogen and oxygen atoms in total. The summed E-state index contributed by atoms with van der Waals surface area (Å²) in [6.07, 6.45) is 2.60. The molecule has 0 bridgehead atoms. The topological polar surface area (TPSA) is 60.9 Å². The Morgan fingerprint density at radius 1 is 1.11 bits per heavy atom. The summed E-state index contributed by atoms with van der Waals surface area (Å²) in [4.78, 5) is 19.3. The van der Waals surface area contributed by atoms with Crippen molar-refractivity contribution in [1.82, 2.24) is 9.80 Å². The van der Waals surface area contributed by atoms with E-state index in [0.717, 1.165) is 49.7 Å². The standard InChI is InChI=1S/C19H26ClN3O3S/c20-15-2-1-3-17(12-15)22-9-7-21(8-10-22)13-19(24)23(16-4-5-16)18-6-11-27(25,26)14-18/h1-3,12,16,18H,4-11,13-14H2/t18-/m0/s1. The fraction of sp³-hybridized carbons (Fsp3) is 0.632. The molecule has 2 aliphatic heterocycles. The van der Waals surface area contributed by atoms with Crippen LogP contribution in [0, 0.1) is 0 Å². The number of nitrogens with zero attached hydrogens (tertiary/aromatic N) is 3. The lowest BCUT2D eigenvalue weighted by atomic mass is 10.2. The Morgan fingerprint density at radius 3 is 2.44 bits per heavy atom. The van der Waals surface area contributed by atoms with Crippen LogP contribution in [0.1, 0.15) is 19.3 Å². The number of sulfone groups is 1. The number of benzene rings is 1. The first kappa shape index (κ1) is 19.0. The first-order chi connectivity index (χ1) is 12.9. The molecule has 1 atom stereocenters. The van der Waals surface area contributed by atoms with Crippen LogP contribution in [0.25, 0.3) is 0 Å². The fourth-order valence-electron chi connectivity index (χ4n) is 4.16. The monoisotopic (exact) mass is 411 g/mol. The van der Waals surface area contributed by atoms with Gasteiger partial charge >= 0.3 is 0 Å². The van der Waals surface area contributed by atoms with Crippen LogP contribution >= 0.6 is 11.6 Å². The first-order valence-electron chi connectivity index (χ1n) is 9.66. The second-order valence-corrected chi connectivity index (χ2v) is 10.5. The molecule has 2 heterocycles. The van der Waals surface area contributed by atoms with E-state index in [9.17, 15) is 13.2 Å². The molecule has 148 valence electrons. The second-order valence-electron chi connectivity index (χ2n) is 7.83. The maximum atomic E-state index is 12.9. The van der Waals surface area contributed by atoms with Crippen molar-refractivity contribution >= 4 is 33.0 Å². The van der Waals surface area contributed by atoms with Gasteiger partial charge in [-0.1, -0.05) is 17.7 Å². The summed E-state index contributed by atoms with van der Waals surface area (Å²) in [5.41, 5.74) is 1.12. The molecule has 27 heavy (non-hydrogen) atoms. The molecular weight excluding hydrogens is 386 g/mol. The van der Waals surface area contributed by atoms with Gasteiger partial charge in [0.25, 0.3) is 0 Å². The maximum Gasteiger partial charge on any atom is 0.237 e. The first-order valence-corrected chi connectivity index (χ1v) is 11.9. The predicted octanol–water partition coefficient (Wildman–Crippen LogP) is 1.64. The van der Waals surface area contributed by atoms with Crippen LogP contribution in [0.15, 0.2) is 24.3 Å². The number of amides is 1. The molecule has 0 N–H and O–H groups in total. The third-order valence-corrected chi connectivity index (χ3v) is 7.72. The van der Waals surface area contributed by atoms with Gasteiger partial charge in [-0.05, 0) is 37.5 Å². The zero-order chi connectivity index (χ0) is 19.0. The van der Waals surface area contributed by atoms with Gasteiger partial charge in [-0.3, -0.25) is 9.69 Å².